The van der Waals surface area contributed by atoms with Gasteiger partial charge in [0.25, 0.3) is 0 Å². The Labute approximate surface area is 117 Å². The second-order valence-corrected chi connectivity index (χ2v) is 4.83. The number of aryl methyl sites for hydroxylation is 1. The zero-order valence-corrected chi connectivity index (χ0v) is 11.8. The van der Waals surface area contributed by atoms with Crippen molar-refractivity contribution in [1.82, 2.24) is 14.9 Å². The van der Waals surface area contributed by atoms with Crippen molar-refractivity contribution in [2.24, 2.45) is 7.05 Å². The number of benzene rings is 1. The van der Waals surface area contributed by atoms with Gasteiger partial charge in [0, 0.05) is 25.0 Å². The van der Waals surface area contributed by atoms with E-state index in [1.54, 1.807) is 24.4 Å². The molecule has 19 heavy (non-hydrogen) atoms. The van der Waals surface area contributed by atoms with Gasteiger partial charge in [0.2, 0.25) is 0 Å². The molecule has 1 N–H and O–H groups in total. The molecule has 102 valence electrons. The average Bonchev–Trinajstić information content (AvgIpc) is 2.81. The lowest BCUT2D eigenvalue weighted by Gasteiger charge is -2.19. The Bertz CT molecular complexity index is 553. The van der Waals surface area contributed by atoms with Crippen molar-refractivity contribution in [3.63, 3.8) is 0 Å². The van der Waals surface area contributed by atoms with E-state index >= 15 is 0 Å². The van der Waals surface area contributed by atoms with Crippen molar-refractivity contribution in [2.45, 2.75) is 19.4 Å². The highest BCUT2D eigenvalue weighted by Crippen LogP contribution is 2.27. The minimum Gasteiger partial charge on any atom is -0.336 e. The predicted molar refractivity (Wildman–Crippen MR) is 74.8 cm³/mol. The van der Waals surface area contributed by atoms with E-state index in [1.165, 1.54) is 0 Å². The lowest BCUT2D eigenvalue weighted by molar-refractivity contribution is 0.520. The van der Waals surface area contributed by atoms with Crippen LogP contribution < -0.4 is 5.32 Å². The highest BCUT2D eigenvalue weighted by molar-refractivity contribution is 6.30. The fourth-order valence-corrected chi connectivity index (χ4v) is 2.21. The topological polar surface area (TPSA) is 29.9 Å². The van der Waals surface area contributed by atoms with Crippen LogP contribution >= 0.6 is 11.6 Å². The number of halogens is 2. The van der Waals surface area contributed by atoms with Gasteiger partial charge in [0.05, 0.1) is 11.1 Å². The Morgan fingerprint density at radius 1 is 1.47 bits per heavy atom. The minimum absolute atomic E-state index is 0.134. The summed E-state index contributed by atoms with van der Waals surface area (Å²) in [5, 5.41) is 3.45. The smallest absolute Gasteiger partial charge is 0.147 e. The summed E-state index contributed by atoms with van der Waals surface area (Å²) in [6.45, 7) is 2.85. The molecule has 1 heterocycles. The van der Waals surface area contributed by atoms with Crippen LogP contribution in [0.2, 0.25) is 5.02 Å². The molecule has 0 fully saturated rings. The molecular weight excluding hydrogens is 265 g/mol. The van der Waals surface area contributed by atoms with Gasteiger partial charge in [-0.2, -0.15) is 0 Å². The van der Waals surface area contributed by atoms with Gasteiger partial charge in [-0.3, -0.25) is 0 Å². The van der Waals surface area contributed by atoms with Crippen molar-refractivity contribution in [2.75, 3.05) is 6.54 Å². The first-order valence-corrected chi connectivity index (χ1v) is 6.67. The Hall–Kier alpha value is -1.39. The van der Waals surface area contributed by atoms with Crippen LogP contribution in [-0.4, -0.2) is 16.1 Å². The standard InChI is InChI=1S/C14H17ClFN3/c1-3-7-17-13(14-18-8-9-19(14)2)10-5-4-6-11(15)12(10)16/h4-6,8-9,13,17H,3,7H2,1-2H3. The molecular formula is C14H17ClFN3. The first kappa shape index (κ1) is 14.0. The predicted octanol–water partition coefficient (Wildman–Crippen LogP) is 3.30. The number of nitrogens with zero attached hydrogens (tertiary/aromatic N) is 2. The largest absolute Gasteiger partial charge is 0.336 e. The number of rotatable bonds is 5. The maximum absolute atomic E-state index is 14.2. The maximum atomic E-state index is 14.2. The van der Waals surface area contributed by atoms with Crippen molar-refractivity contribution >= 4 is 11.6 Å². The molecule has 1 unspecified atom stereocenters. The van der Waals surface area contributed by atoms with Crippen molar-refractivity contribution in [3.05, 3.63) is 52.8 Å². The second-order valence-electron chi connectivity index (χ2n) is 4.43. The first-order chi connectivity index (χ1) is 9.15. The molecule has 0 amide bonds. The minimum atomic E-state index is -0.388. The van der Waals surface area contributed by atoms with Gasteiger partial charge in [-0.15, -0.1) is 0 Å². The van der Waals surface area contributed by atoms with E-state index in [0.29, 0.717) is 5.56 Å². The van der Waals surface area contributed by atoms with E-state index in [1.807, 2.05) is 17.8 Å². The highest BCUT2D eigenvalue weighted by atomic mass is 35.5. The summed E-state index contributed by atoms with van der Waals surface area (Å²) >= 11 is 5.86. The molecule has 3 nitrogen and oxygen atoms in total. The van der Waals surface area contributed by atoms with E-state index in [4.69, 9.17) is 11.6 Å². The van der Waals surface area contributed by atoms with Gasteiger partial charge in [0.1, 0.15) is 11.6 Å². The molecule has 0 aliphatic carbocycles. The summed E-state index contributed by atoms with van der Waals surface area (Å²) in [5.74, 6) is 0.385. The molecule has 0 radical (unpaired) electrons. The molecule has 0 saturated carbocycles. The van der Waals surface area contributed by atoms with Crippen LogP contribution in [0.3, 0.4) is 0 Å². The van der Waals surface area contributed by atoms with Crippen LogP contribution in [0, 0.1) is 5.82 Å². The summed E-state index contributed by atoms with van der Waals surface area (Å²) in [5.41, 5.74) is 0.523. The molecule has 2 rings (SSSR count). The van der Waals surface area contributed by atoms with Crippen LogP contribution in [0.25, 0.3) is 0 Å². The molecule has 0 bridgehead atoms. The van der Waals surface area contributed by atoms with Crippen LogP contribution in [0.4, 0.5) is 4.39 Å². The van der Waals surface area contributed by atoms with E-state index in [-0.39, 0.29) is 16.9 Å². The van der Waals surface area contributed by atoms with Crippen LogP contribution in [0.15, 0.2) is 30.6 Å². The third kappa shape index (κ3) is 2.96. The average molecular weight is 282 g/mol. The van der Waals surface area contributed by atoms with Crippen molar-refractivity contribution in [1.29, 1.82) is 0 Å². The van der Waals surface area contributed by atoms with Gasteiger partial charge < -0.3 is 9.88 Å². The van der Waals surface area contributed by atoms with E-state index in [2.05, 4.69) is 17.2 Å². The molecule has 1 aromatic heterocycles. The third-order valence-corrected chi connectivity index (χ3v) is 3.30. The summed E-state index contributed by atoms with van der Waals surface area (Å²) in [4.78, 5) is 4.31. The van der Waals surface area contributed by atoms with Crippen molar-refractivity contribution in [3.8, 4) is 0 Å². The summed E-state index contributed by atoms with van der Waals surface area (Å²) in [7, 11) is 1.89. The summed E-state index contributed by atoms with van der Waals surface area (Å²) in [6.07, 6.45) is 4.51. The maximum Gasteiger partial charge on any atom is 0.147 e. The van der Waals surface area contributed by atoms with Gasteiger partial charge in [-0.25, -0.2) is 9.37 Å². The lowest BCUT2D eigenvalue weighted by Crippen LogP contribution is -2.26. The van der Waals surface area contributed by atoms with Gasteiger partial charge in [-0.05, 0) is 19.0 Å². The number of aromatic nitrogens is 2. The highest BCUT2D eigenvalue weighted by Gasteiger charge is 2.21. The number of nitrogens with one attached hydrogen (secondary N) is 1. The molecule has 0 saturated heterocycles. The van der Waals surface area contributed by atoms with E-state index in [9.17, 15) is 4.39 Å². The molecule has 0 aliphatic rings. The Morgan fingerprint density at radius 3 is 2.89 bits per heavy atom. The molecule has 1 aromatic carbocycles. The third-order valence-electron chi connectivity index (χ3n) is 3.01. The van der Waals surface area contributed by atoms with Crippen molar-refractivity contribution < 1.29 is 4.39 Å². The molecule has 0 spiro atoms. The zero-order valence-electron chi connectivity index (χ0n) is 11.0. The Kier molecular flexibility index (Phi) is 4.56. The fraction of sp³-hybridized carbons (Fsp3) is 0.357. The number of hydrogen-bond donors (Lipinski definition) is 1. The number of imidazole rings is 1. The van der Waals surface area contributed by atoms with Gasteiger partial charge >= 0.3 is 0 Å². The van der Waals surface area contributed by atoms with Crippen LogP contribution in [0.5, 0.6) is 0 Å². The Balaban J connectivity index is 2.43. The quantitative estimate of drug-likeness (QED) is 0.911. The zero-order chi connectivity index (χ0) is 13.8. The lowest BCUT2D eigenvalue weighted by atomic mass is 10.1. The van der Waals surface area contributed by atoms with Crippen LogP contribution in [-0.2, 0) is 7.05 Å². The Morgan fingerprint density at radius 2 is 2.26 bits per heavy atom. The van der Waals surface area contributed by atoms with E-state index < -0.39 is 0 Å². The number of hydrogen-bond acceptors (Lipinski definition) is 2. The van der Waals surface area contributed by atoms with E-state index in [0.717, 1.165) is 18.8 Å². The molecule has 1 atom stereocenters. The second kappa shape index (κ2) is 6.17. The van der Waals surface area contributed by atoms with Gasteiger partial charge in [-0.1, -0.05) is 30.7 Å². The molecule has 2 aromatic rings. The first-order valence-electron chi connectivity index (χ1n) is 6.29. The summed E-state index contributed by atoms with van der Waals surface area (Å²) in [6, 6.07) is 4.75. The SMILES string of the molecule is CCCNC(c1cccc(Cl)c1F)c1nccn1C. The van der Waals surface area contributed by atoms with Crippen LogP contribution in [0.1, 0.15) is 30.8 Å². The molecule has 0 aliphatic heterocycles. The molecule has 5 heteroatoms. The normalized spacial score (nSPS) is 12.6. The monoisotopic (exact) mass is 281 g/mol. The fourth-order valence-electron chi connectivity index (χ4n) is 2.03. The van der Waals surface area contributed by atoms with Gasteiger partial charge in [0.15, 0.2) is 0 Å². The summed E-state index contributed by atoms with van der Waals surface area (Å²) < 4.78 is 16.1.